The molecule has 0 bridgehead atoms. The Bertz CT molecular complexity index is 776. The zero-order valence-corrected chi connectivity index (χ0v) is 12.2. The highest BCUT2D eigenvalue weighted by molar-refractivity contribution is 6.11. The lowest BCUT2D eigenvalue weighted by Gasteiger charge is -2.09. The van der Waals surface area contributed by atoms with Crippen molar-refractivity contribution in [2.45, 2.75) is 6.36 Å². The molecule has 7 heteroatoms. The van der Waals surface area contributed by atoms with Crippen LogP contribution in [-0.2, 0) is 0 Å². The van der Waals surface area contributed by atoms with E-state index in [-0.39, 0.29) is 11.1 Å². The topological polar surface area (TPSA) is 62.1 Å². The molecule has 0 fully saturated rings. The van der Waals surface area contributed by atoms with Crippen LogP contribution in [0.1, 0.15) is 10.4 Å². The number of allylic oxidation sites excluding steroid dienone is 1. The second-order valence-corrected chi connectivity index (χ2v) is 4.58. The number of nitrogens with zero attached hydrogens (tertiary/aromatic N) is 1. The number of halogens is 3. The first-order valence-corrected chi connectivity index (χ1v) is 6.71. The lowest BCUT2D eigenvalue weighted by Crippen LogP contribution is -2.17. The van der Waals surface area contributed by atoms with Crippen LogP contribution in [0.2, 0.25) is 0 Å². The zero-order valence-electron chi connectivity index (χ0n) is 12.2. The van der Waals surface area contributed by atoms with Crippen molar-refractivity contribution in [1.29, 1.82) is 5.26 Å². The Morgan fingerprint density at radius 2 is 1.71 bits per heavy atom. The molecule has 0 spiro atoms. The molecule has 0 aromatic heterocycles. The van der Waals surface area contributed by atoms with E-state index in [2.05, 4.69) is 10.1 Å². The minimum Gasteiger partial charge on any atom is -0.406 e. The molecular weight excluding hydrogens is 321 g/mol. The molecule has 122 valence electrons. The van der Waals surface area contributed by atoms with Crippen molar-refractivity contribution in [3.63, 3.8) is 0 Å². The van der Waals surface area contributed by atoms with Gasteiger partial charge in [-0.15, -0.1) is 13.2 Å². The number of benzene rings is 2. The normalized spacial score (nSPS) is 11.5. The Balaban J connectivity index is 2.12. The van der Waals surface area contributed by atoms with Crippen LogP contribution in [0.15, 0.2) is 66.4 Å². The molecular formula is C17H11F3N2O2. The van der Waals surface area contributed by atoms with Crippen LogP contribution in [0, 0.1) is 11.3 Å². The first-order chi connectivity index (χ1) is 11.4. The molecule has 0 radical (unpaired) electrons. The maximum absolute atomic E-state index is 12.2. The summed E-state index contributed by atoms with van der Waals surface area (Å²) in [6.45, 7) is 0. The molecule has 1 N–H and O–H groups in total. The number of Topliss-reactive ketones (excluding diaryl/α,β-unsaturated/α-hetero) is 1. The summed E-state index contributed by atoms with van der Waals surface area (Å²) in [6, 6.07) is 15.0. The number of para-hydroxylation sites is 1. The van der Waals surface area contributed by atoms with Gasteiger partial charge in [-0.1, -0.05) is 18.2 Å². The van der Waals surface area contributed by atoms with Crippen LogP contribution in [0.4, 0.5) is 18.9 Å². The van der Waals surface area contributed by atoms with E-state index in [0.29, 0.717) is 5.69 Å². The molecule has 0 atom stereocenters. The largest absolute Gasteiger partial charge is 0.573 e. The van der Waals surface area contributed by atoms with Crippen LogP contribution in [-0.4, -0.2) is 12.1 Å². The number of carbonyl (C=O) groups excluding carboxylic acids is 1. The second kappa shape index (κ2) is 7.33. The highest BCUT2D eigenvalue weighted by Gasteiger charge is 2.31. The molecule has 0 heterocycles. The molecule has 4 nitrogen and oxygen atoms in total. The van der Waals surface area contributed by atoms with Gasteiger partial charge < -0.3 is 10.1 Å². The van der Waals surface area contributed by atoms with Gasteiger partial charge in [-0.05, 0) is 36.4 Å². The molecule has 2 aromatic carbocycles. The van der Waals surface area contributed by atoms with Crippen LogP contribution < -0.4 is 10.1 Å². The maximum atomic E-state index is 12.2. The number of anilines is 1. The third-order valence-electron chi connectivity index (χ3n) is 2.87. The van der Waals surface area contributed by atoms with Gasteiger partial charge in [0.15, 0.2) is 0 Å². The molecule has 0 aliphatic rings. The van der Waals surface area contributed by atoms with E-state index in [4.69, 9.17) is 5.26 Å². The number of carbonyl (C=O) groups is 1. The Kier molecular flexibility index (Phi) is 5.22. The predicted molar refractivity (Wildman–Crippen MR) is 81.2 cm³/mol. The number of hydrogen-bond donors (Lipinski definition) is 1. The molecule has 0 saturated carbocycles. The van der Waals surface area contributed by atoms with Gasteiger partial charge in [-0.3, -0.25) is 4.79 Å². The van der Waals surface area contributed by atoms with Gasteiger partial charge in [0.25, 0.3) is 0 Å². The number of ether oxygens (including phenoxy) is 1. The molecule has 0 aliphatic heterocycles. The van der Waals surface area contributed by atoms with Gasteiger partial charge in [-0.2, -0.15) is 5.26 Å². The lowest BCUT2D eigenvalue weighted by atomic mass is 10.1. The van der Waals surface area contributed by atoms with E-state index < -0.39 is 17.9 Å². The van der Waals surface area contributed by atoms with Crippen molar-refractivity contribution in [2.75, 3.05) is 5.32 Å². The van der Waals surface area contributed by atoms with Crippen LogP contribution in [0.3, 0.4) is 0 Å². The Morgan fingerprint density at radius 1 is 1.08 bits per heavy atom. The van der Waals surface area contributed by atoms with Crippen molar-refractivity contribution < 1.29 is 22.7 Å². The van der Waals surface area contributed by atoms with Crippen molar-refractivity contribution in [3.05, 3.63) is 71.9 Å². The summed E-state index contributed by atoms with van der Waals surface area (Å²) in [4.78, 5) is 12.2. The first-order valence-electron chi connectivity index (χ1n) is 6.71. The standard InChI is InChI=1S/C17H11F3N2O2/c18-17(19,20)24-15-8-6-12(7-9-15)16(23)13(10-21)11-22-14-4-2-1-3-5-14/h1-9,11,22H/b13-11+. The number of nitrogens with one attached hydrogen (secondary N) is 1. The highest BCUT2D eigenvalue weighted by Crippen LogP contribution is 2.23. The molecule has 0 amide bonds. The smallest absolute Gasteiger partial charge is 0.406 e. The van der Waals surface area contributed by atoms with Gasteiger partial charge in [-0.25, -0.2) is 0 Å². The van der Waals surface area contributed by atoms with E-state index in [9.17, 15) is 18.0 Å². The fourth-order valence-corrected chi connectivity index (χ4v) is 1.80. The summed E-state index contributed by atoms with van der Waals surface area (Å²) < 4.78 is 40.0. The van der Waals surface area contributed by atoms with E-state index in [1.54, 1.807) is 30.3 Å². The lowest BCUT2D eigenvalue weighted by molar-refractivity contribution is -0.274. The monoisotopic (exact) mass is 332 g/mol. The van der Waals surface area contributed by atoms with Crippen molar-refractivity contribution in [2.24, 2.45) is 0 Å². The number of alkyl halides is 3. The summed E-state index contributed by atoms with van der Waals surface area (Å²) in [7, 11) is 0. The van der Waals surface area contributed by atoms with E-state index in [1.807, 2.05) is 6.07 Å². The summed E-state index contributed by atoms with van der Waals surface area (Å²) in [5.74, 6) is -1.05. The Morgan fingerprint density at radius 3 is 2.25 bits per heavy atom. The van der Waals surface area contributed by atoms with Crippen LogP contribution in [0.25, 0.3) is 0 Å². The first kappa shape index (κ1) is 17.1. The van der Waals surface area contributed by atoms with E-state index in [0.717, 1.165) is 24.3 Å². The summed E-state index contributed by atoms with van der Waals surface area (Å²) in [5.41, 5.74) is 0.586. The van der Waals surface area contributed by atoms with Crippen molar-refractivity contribution in [3.8, 4) is 11.8 Å². The number of rotatable bonds is 5. The molecule has 2 aromatic rings. The molecule has 2 rings (SSSR count). The van der Waals surface area contributed by atoms with Gasteiger partial charge in [0.05, 0.1) is 0 Å². The average Bonchev–Trinajstić information content (AvgIpc) is 2.55. The number of nitriles is 1. The van der Waals surface area contributed by atoms with E-state index >= 15 is 0 Å². The zero-order chi connectivity index (χ0) is 17.6. The molecule has 0 unspecified atom stereocenters. The average molecular weight is 332 g/mol. The third-order valence-corrected chi connectivity index (χ3v) is 2.87. The molecule has 0 saturated heterocycles. The molecule has 0 aliphatic carbocycles. The van der Waals surface area contributed by atoms with Crippen molar-refractivity contribution in [1.82, 2.24) is 0 Å². The van der Waals surface area contributed by atoms with Crippen LogP contribution in [0.5, 0.6) is 5.75 Å². The fraction of sp³-hybridized carbons (Fsp3) is 0.0588. The quantitative estimate of drug-likeness (QED) is 0.504. The Hall–Kier alpha value is -3.27. The Labute approximate surface area is 135 Å². The number of ketones is 1. The van der Waals surface area contributed by atoms with Gasteiger partial charge in [0.2, 0.25) is 5.78 Å². The van der Waals surface area contributed by atoms with Gasteiger partial charge in [0.1, 0.15) is 17.4 Å². The predicted octanol–water partition coefficient (Wildman–Crippen LogP) is 4.29. The van der Waals surface area contributed by atoms with Gasteiger partial charge >= 0.3 is 6.36 Å². The fourth-order valence-electron chi connectivity index (χ4n) is 1.80. The third kappa shape index (κ3) is 4.88. The van der Waals surface area contributed by atoms with Gasteiger partial charge in [0, 0.05) is 17.5 Å². The second-order valence-electron chi connectivity index (χ2n) is 4.58. The maximum Gasteiger partial charge on any atom is 0.573 e. The van der Waals surface area contributed by atoms with Crippen molar-refractivity contribution >= 4 is 11.5 Å². The number of hydrogen-bond acceptors (Lipinski definition) is 4. The highest BCUT2D eigenvalue weighted by atomic mass is 19.4. The summed E-state index contributed by atoms with van der Waals surface area (Å²) in [5, 5.41) is 11.9. The molecule has 24 heavy (non-hydrogen) atoms. The minimum atomic E-state index is -4.80. The van der Waals surface area contributed by atoms with Crippen LogP contribution >= 0.6 is 0 Å². The van der Waals surface area contributed by atoms with E-state index in [1.165, 1.54) is 6.20 Å². The minimum absolute atomic E-state index is 0.0761. The summed E-state index contributed by atoms with van der Waals surface area (Å²) >= 11 is 0. The SMILES string of the molecule is N#C/C(=C\Nc1ccccc1)C(=O)c1ccc(OC(F)(F)F)cc1. The summed E-state index contributed by atoms with van der Waals surface area (Å²) in [6.07, 6.45) is -3.55.